The second-order valence-electron chi connectivity index (χ2n) is 4.83. The van der Waals surface area contributed by atoms with Crippen LogP contribution in [0.4, 0.5) is 0 Å². The molecular weight excluding hydrogens is 292 g/mol. The molecule has 1 atom stereocenters. The van der Waals surface area contributed by atoms with Crippen molar-refractivity contribution in [1.29, 1.82) is 5.26 Å². The van der Waals surface area contributed by atoms with E-state index in [1.54, 1.807) is 31.2 Å². The average molecular weight is 310 g/mol. The maximum atomic E-state index is 12.0. The van der Waals surface area contributed by atoms with Crippen molar-refractivity contribution in [3.05, 3.63) is 35.4 Å². The van der Waals surface area contributed by atoms with Crippen molar-refractivity contribution < 1.29 is 18.3 Å². The third-order valence-electron chi connectivity index (χ3n) is 2.89. The first-order chi connectivity index (χ1) is 9.84. The van der Waals surface area contributed by atoms with Gasteiger partial charge in [-0.15, -0.1) is 0 Å². The SMILES string of the molecule is CC(CCCC(=O)O)NS(=O)(=O)Cc1ccccc1C#N. The maximum Gasteiger partial charge on any atom is 0.303 e. The van der Waals surface area contributed by atoms with E-state index in [-0.39, 0.29) is 18.2 Å². The van der Waals surface area contributed by atoms with Crippen LogP contribution in [-0.4, -0.2) is 25.5 Å². The minimum atomic E-state index is -3.57. The van der Waals surface area contributed by atoms with Crippen molar-refractivity contribution in [2.45, 2.75) is 38.0 Å². The topological polar surface area (TPSA) is 107 Å². The van der Waals surface area contributed by atoms with Crippen molar-refractivity contribution in [3.8, 4) is 6.07 Å². The molecule has 0 heterocycles. The van der Waals surface area contributed by atoms with Crippen LogP contribution >= 0.6 is 0 Å². The fourth-order valence-electron chi connectivity index (χ4n) is 1.93. The summed E-state index contributed by atoms with van der Waals surface area (Å²) in [5.74, 6) is -1.16. The maximum absolute atomic E-state index is 12.0. The van der Waals surface area contributed by atoms with Crippen LogP contribution < -0.4 is 4.72 Å². The Hall–Kier alpha value is -1.91. The Bertz CT molecular complexity index is 635. The molecule has 0 saturated heterocycles. The molecule has 1 aromatic rings. The Kier molecular flexibility index (Phi) is 6.34. The molecule has 114 valence electrons. The van der Waals surface area contributed by atoms with E-state index in [0.29, 0.717) is 24.0 Å². The summed E-state index contributed by atoms with van der Waals surface area (Å²) < 4.78 is 26.6. The molecule has 7 heteroatoms. The predicted octanol–water partition coefficient (Wildman–Crippen LogP) is 1.62. The molecule has 0 amide bonds. The third-order valence-corrected chi connectivity index (χ3v) is 4.34. The smallest absolute Gasteiger partial charge is 0.303 e. The van der Waals surface area contributed by atoms with Crippen LogP contribution in [-0.2, 0) is 20.6 Å². The van der Waals surface area contributed by atoms with E-state index in [1.807, 2.05) is 6.07 Å². The third kappa shape index (κ3) is 6.38. The Morgan fingerprint density at radius 2 is 2.10 bits per heavy atom. The lowest BCUT2D eigenvalue weighted by molar-refractivity contribution is -0.137. The molecule has 0 radical (unpaired) electrons. The molecule has 0 bridgehead atoms. The minimum absolute atomic E-state index is 0.0172. The summed E-state index contributed by atoms with van der Waals surface area (Å²) in [7, 11) is -3.57. The summed E-state index contributed by atoms with van der Waals surface area (Å²) in [5.41, 5.74) is 0.784. The number of sulfonamides is 1. The highest BCUT2D eigenvalue weighted by Gasteiger charge is 2.17. The van der Waals surface area contributed by atoms with Gasteiger partial charge in [0.15, 0.2) is 0 Å². The number of rotatable bonds is 8. The molecule has 1 unspecified atom stereocenters. The number of nitrogens with zero attached hydrogens (tertiary/aromatic N) is 1. The van der Waals surface area contributed by atoms with E-state index in [9.17, 15) is 13.2 Å². The number of carboxylic acid groups (broad SMARTS) is 1. The molecule has 0 aromatic heterocycles. The first kappa shape index (κ1) is 17.1. The van der Waals surface area contributed by atoms with E-state index in [2.05, 4.69) is 4.72 Å². The molecule has 1 rings (SSSR count). The number of nitrogens with one attached hydrogen (secondary N) is 1. The van der Waals surface area contributed by atoms with Gasteiger partial charge in [-0.25, -0.2) is 13.1 Å². The summed E-state index contributed by atoms with van der Waals surface area (Å²) in [6, 6.07) is 8.15. The zero-order valence-corrected chi connectivity index (χ0v) is 12.6. The van der Waals surface area contributed by atoms with Crippen LogP contribution in [0.2, 0.25) is 0 Å². The normalized spacial score (nSPS) is 12.6. The van der Waals surface area contributed by atoms with Gasteiger partial charge in [0, 0.05) is 12.5 Å². The minimum Gasteiger partial charge on any atom is -0.481 e. The Morgan fingerprint density at radius 1 is 1.43 bits per heavy atom. The quantitative estimate of drug-likeness (QED) is 0.758. The Balaban J connectivity index is 2.61. The molecule has 6 nitrogen and oxygen atoms in total. The average Bonchev–Trinajstić information content (AvgIpc) is 2.37. The van der Waals surface area contributed by atoms with E-state index >= 15 is 0 Å². The Labute approximate surface area is 124 Å². The standard InChI is InChI=1S/C14H18N2O4S/c1-11(5-4-8-14(17)18)16-21(19,20)10-13-7-3-2-6-12(13)9-15/h2-3,6-7,11,16H,4-5,8,10H2,1H3,(H,17,18). The number of hydrogen-bond donors (Lipinski definition) is 2. The van der Waals surface area contributed by atoms with Gasteiger partial charge in [-0.05, 0) is 31.4 Å². The molecule has 0 aliphatic rings. The summed E-state index contributed by atoms with van der Waals surface area (Å²) >= 11 is 0. The second-order valence-corrected chi connectivity index (χ2v) is 6.59. The van der Waals surface area contributed by atoms with Crippen molar-refractivity contribution in [2.75, 3.05) is 0 Å². The zero-order chi connectivity index (χ0) is 15.9. The van der Waals surface area contributed by atoms with Gasteiger partial charge in [0.2, 0.25) is 10.0 Å². The largest absolute Gasteiger partial charge is 0.481 e. The first-order valence-corrected chi connectivity index (χ1v) is 8.19. The fourth-order valence-corrected chi connectivity index (χ4v) is 3.40. The van der Waals surface area contributed by atoms with Crippen molar-refractivity contribution >= 4 is 16.0 Å². The van der Waals surface area contributed by atoms with Gasteiger partial charge >= 0.3 is 5.97 Å². The van der Waals surface area contributed by atoms with E-state index in [0.717, 1.165) is 0 Å². The van der Waals surface area contributed by atoms with Crippen LogP contribution in [0.25, 0.3) is 0 Å². The zero-order valence-electron chi connectivity index (χ0n) is 11.7. The van der Waals surface area contributed by atoms with Crippen molar-refractivity contribution in [2.24, 2.45) is 0 Å². The van der Waals surface area contributed by atoms with Gasteiger partial charge in [-0.3, -0.25) is 4.79 Å². The number of nitriles is 1. The van der Waals surface area contributed by atoms with Gasteiger partial charge in [0.05, 0.1) is 17.4 Å². The van der Waals surface area contributed by atoms with Crippen molar-refractivity contribution in [3.63, 3.8) is 0 Å². The Morgan fingerprint density at radius 3 is 2.71 bits per heavy atom. The summed E-state index contributed by atoms with van der Waals surface area (Å²) in [6.45, 7) is 1.69. The number of hydrogen-bond acceptors (Lipinski definition) is 4. The van der Waals surface area contributed by atoms with Gasteiger partial charge in [-0.2, -0.15) is 5.26 Å². The van der Waals surface area contributed by atoms with Crippen LogP contribution in [0.5, 0.6) is 0 Å². The predicted molar refractivity (Wildman–Crippen MR) is 77.9 cm³/mol. The van der Waals surface area contributed by atoms with Crippen LogP contribution in [0.1, 0.15) is 37.3 Å². The van der Waals surface area contributed by atoms with Gasteiger partial charge in [-0.1, -0.05) is 18.2 Å². The monoisotopic (exact) mass is 310 g/mol. The number of aliphatic carboxylic acids is 1. The molecular formula is C14H18N2O4S. The molecule has 0 saturated carbocycles. The van der Waals surface area contributed by atoms with Crippen LogP contribution in [0.3, 0.4) is 0 Å². The number of benzene rings is 1. The van der Waals surface area contributed by atoms with Crippen molar-refractivity contribution in [1.82, 2.24) is 4.72 Å². The highest BCUT2D eigenvalue weighted by atomic mass is 32.2. The molecule has 2 N–H and O–H groups in total. The van der Waals surface area contributed by atoms with Gasteiger partial charge < -0.3 is 5.11 Å². The summed E-state index contributed by atoms with van der Waals surface area (Å²) in [5, 5.41) is 17.5. The lowest BCUT2D eigenvalue weighted by Gasteiger charge is -2.14. The number of carbonyl (C=O) groups is 1. The second kappa shape index (κ2) is 7.76. The lowest BCUT2D eigenvalue weighted by atomic mass is 10.1. The number of carboxylic acids is 1. The highest BCUT2D eigenvalue weighted by molar-refractivity contribution is 7.88. The molecule has 1 aromatic carbocycles. The molecule has 0 fully saturated rings. The highest BCUT2D eigenvalue weighted by Crippen LogP contribution is 2.12. The summed E-state index contributed by atoms with van der Waals surface area (Å²) in [4.78, 5) is 10.4. The first-order valence-electron chi connectivity index (χ1n) is 6.54. The van der Waals surface area contributed by atoms with E-state index in [4.69, 9.17) is 10.4 Å². The van der Waals surface area contributed by atoms with Gasteiger partial charge in [0.1, 0.15) is 0 Å². The van der Waals surface area contributed by atoms with Crippen LogP contribution in [0, 0.1) is 11.3 Å². The molecule has 0 aliphatic carbocycles. The van der Waals surface area contributed by atoms with Crippen LogP contribution in [0.15, 0.2) is 24.3 Å². The molecule has 0 spiro atoms. The molecule has 21 heavy (non-hydrogen) atoms. The van der Waals surface area contributed by atoms with E-state index in [1.165, 1.54) is 0 Å². The fraction of sp³-hybridized carbons (Fsp3) is 0.429. The molecule has 0 aliphatic heterocycles. The summed E-state index contributed by atoms with van der Waals surface area (Å²) in [6.07, 6.45) is 0.878. The van der Waals surface area contributed by atoms with Gasteiger partial charge in [0.25, 0.3) is 0 Å². The van der Waals surface area contributed by atoms with E-state index < -0.39 is 16.0 Å². The lowest BCUT2D eigenvalue weighted by Crippen LogP contribution is -2.33.